The summed E-state index contributed by atoms with van der Waals surface area (Å²) in [6, 6.07) is 6.25. The number of rotatable bonds is 4. The predicted octanol–water partition coefficient (Wildman–Crippen LogP) is 3.29. The third-order valence-corrected chi connectivity index (χ3v) is 2.96. The number of carbonyl (C=O) groups excluding carboxylic acids is 1. The third kappa shape index (κ3) is 2.88. The molecule has 17 heavy (non-hydrogen) atoms. The maximum absolute atomic E-state index is 13.2. The van der Waals surface area contributed by atoms with E-state index in [1.165, 1.54) is 11.3 Å². The highest BCUT2D eigenvalue weighted by Gasteiger charge is 2.10. The van der Waals surface area contributed by atoms with Crippen LogP contribution in [0.3, 0.4) is 0 Å². The lowest BCUT2D eigenvalue weighted by Gasteiger charge is -2.05. The number of thiophene rings is 1. The average molecular weight is 254 g/mol. The molecule has 0 spiro atoms. The minimum absolute atomic E-state index is 0.255. The van der Waals surface area contributed by atoms with Gasteiger partial charge >= 0.3 is 0 Å². The van der Waals surface area contributed by atoms with Crippen LogP contribution in [-0.2, 0) is 0 Å². The van der Waals surface area contributed by atoms with Crippen molar-refractivity contribution in [3.63, 3.8) is 0 Å². The molecule has 0 atom stereocenters. The molecule has 0 unspecified atom stereocenters. The normalized spacial score (nSPS) is 10.2. The Kier molecular flexibility index (Phi) is 3.49. The molecular formula is C12H8F2O2S. The van der Waals surface area contributed by atoms with Crippen molar-refractivity contribution in [2.45, 2.75) is 0 Å². The molecule has 0 aliphatic rings. The van der Waals surface area contributed by atoms with E-state index in [4.69, 9.17) is 4.74 Å². The fourth-order valence-corrected chi connectivity index (χ4v) is 1.89. The largest absolute Gasteiger partial charge is 0.482 e. The quantitative estimate of drug-likeness (QED) is 0.782. The molecule has 0 aliphatic carbocycles. The Bertz CT molecular complexity index is 523. The molecule has 88 valence electrons. The van der Waals surface area contributed by atoms with Crippen LogP contribution in [-0.4, -0.2) is 12.4 Å². The summed E-state index contributed by atoms with van der Waals surface area (Å²) in [5.41, 5.74) is 0. The van der Waals surface area contributed by atoms with Gasteiger partial charge in [-0.3, -0.25) is 4.79 Å². The number of halogens is 2. The van der Waals surface area contributed by atoms with Crippen molar-refractivity contribution in [3.05, 3.63) is 52.2 Å². The molecule has 1 aromatic heterocycles. The van der Waals surface area contributed by atoms with Crippen LogP contribution < -0.4 is 4.74 Å². The van der Waals surface area contributed by atoms with Crippen molar-refractivity contribution in [2.75, 3.05) is 6.61 Å². The second kappa shape index (κ2) is 5.05. The molecule has 0 bridgehead atoms. The van der Waals surface area contributed by atoms with Gasteiger partial charge in [-0.2, -0.15) is 0 Å². The first-order valence-corrected chi connectivity index (χ1v) is 5.69. The minimum atomic E-state index is -0.689. The van der Waals surface area contributed by atoms with E-state index < -0.39 is 11.6 Å². The number of ketones is 1. The lowest BCUT2D eigenvalue weighted by molar-refractivity contribution is 0.0922. The standard InChI is InChI=1S/C12H8F2O2S/c13-8-3-4-9(14)11(6-8)16-7-10(15)12-2-1-5-17-12/h1-6H,7H2. The van der Waals surface area contributed by atoms with E-state index in [-0.39, 0.29) is 18.1 Å². The van der Waals surface area contributed by atoms with E-state index in [1.54, 1.807) is 17.5 Å². The number of carbonyl (C=O) groups is 1. The van der Waals surface area contributed by atoms with Gasteiger partial charge < -0.3 is 4.74 Å². The zero-order chi connectivity index (χ0) is 12.3. The molecule has 0 saturated heterocycles. The summed E-state index contributed by atoms with van der Waals surface area (Å²) in [4.78, 5) is 12.1. The molecule has 5 heteroatoms. The topological polar surface area (TPSA) is 26.3 Å². The summed E-state index contributed by atoms with van der Waals surface area (Å²) in [6.07, 6.45) is 0. The van der Waals surface area contributed by atoms with Gasteiger partial charge in [0.25, 0.3) is 0 Å². The molecule has 0 amide bonds. The molecule has 1 heterocycles. The Labute approximate surface area is 100 Å². The van der Waals surface area contributed by atoms with Crippen molar-refractivity contribution in [3.8, 4) is 5.75 Å². The summed E-state index contributed by atoms with van der Waals surface area (Å²) in [7, 11) is 0. The lowest BCUT2D eigenvalue weighted by Crippen LogP contribution is -2.10. The van der Waals surface area contributed by atoms with Gasteiger partial charge in [0.15, 0.2) is 18.2 Å². The highest BCUT2D eigenvalue weighted by Crippen LogP contribution is 2.18. The molecule has 0 saturated carbocycles. The van der Waals surface area contributed by atoms with Crippen LogP contribution in [0.5, 0.6) is 5.75 Å². The Hall–Kier alpha value is -1.75. The van der Waals surface area contributed by atoms with Crippen molar-refractivity contribution in [1.29, 1.82) is 0 Å². The van der Waals surface area contributed by atoms with Gasteiger partial charge in [0.05, 0.1) is 4.88 Å². The second-order valence-corrected chi connectivity index (χ2v) is 4.21. The predicted molar refractivity (Wildman–Crippen MR) is 60.5 cm³/mol. The van der Waals surface area contributed by atoms with Crippen LogP contribution in [0, 0.1) is 11.6 Å². The van der Waals surface area contributed by atoms with Crippen LogP contribution >= 0.6 is 11.3 Å². The van der Waals surface area contributed by atoms with Gasteiger partial charge in [-0.25, -0.2) is 8.78 Å². The van der Waals surface area contributed by atoms with E-state index in [0.717, 1.165) is 18.2 Å². The average Bonchev–Trinajstić information content (AvgIpc) is 2.83. The summed E-state index contributed by atoms with van der Waals surface area (Å²) >= 11 is 1.28. The summed E-state index contributed by atoms with van der Waals surface area (Å²) in [5.74, 6) is -1.81. The Balaban J connectivity index is 2.03. The van der Waals surface area contributed by atoms with Gasteiger partial charge in [-0.05, 0) is 23.6 Å². The van der Waals surface area contributed by atoms with Crippen LogP contribution in [0.2, 0.25) is 0 Å². The lowest BCUT2D eigenvalue weighted by atomic mass is 10.3. The second-order valence-electron chi connectivity index (χ2n) is 3.26. The molecular weight excluding hydrogens is 246 g/mol. The Morgan fingerprint density at radius 1 is 1.29 bits per heavy atom. The molecule has 0 radical (unpaired) electrons. The fraction of sp³-hybridized carbons (Fsp3) is 0.0833. The van der Waals surface area contributed by atoms with E-state index >= 15 is 0 Å². The van der Waals surface area contributed by atoms with Crippen LogP contribution in [0.15, 0.2) is 35.7 Å². The Morgan fingerprint density at radius 3 is 2.82 bits per heavy atom. The molecule has 2 nitrogen and oxygen atoms in total. The van der Waals surface area contributed by atoms with Gasteiger partial charge in [-0.15, -0.1) is 11.3 Å². The first-order valence-electron chi connectivity index (χ1n) is 4.81. The maximum Gasteiger partial charge on any atom is 0.210 e. The molecule has 2 aromatic rings. The molecule has 0 N–H and O–H groups in total. The molecule has 2 rings (SSSR count). The van der Waals surface area contributed by atoms with Crippen molar-refractivity contribution in [2.24, 2.45) is 0 Å². The van der Waals surface area contributed by atoms with Gasteiger partial charge in [-0.1, -0.05) is 6.07 Å². The molecule has 0 aliphatic heterocycles. The number of ether oxygens (including phenoxy) is 1. The number of hydrogen-bond acceptors (Lipinski definition) is 3. The monoisotopic (exact) mass is 254 g/mol. The fourth-order valence-electron chi connectivity index (χ4n) is 1.24. The number of Topliss-reactive ketones (excluding diaryl/α,β-unsaturated/α-hetero) is 1. The maximum atomic E-state index is 13.2. The van der Waals surface area contributed by atoms with Gasteiger partial charge in [0.1, 0.15) is 5.82 Å². The van der Waals surface area contributed by atoms with E-state index in [1.807, 2.05) is 0 Å². The zero-order valence-electron chi connectivity index (χ0n) is 8.65. The van der Waals surface area contributed by atoms with Crippen molar-refractivity contribution in [1.82, 2.24) is 0 Å². The Morgan fingerprint density at radius 2 is 2.12 bits per heavy atom. The van der Waals surface area contributed by atoms with E-state index in [9.17, 15) is 13.6 Å². The minimum Gasteiger partial charge on any atom is -0.482 e. The highest BCUT2D eigenvalue weighted by molar-refractivity contribution is 7.12. The van der Waals surface area contributed by atoms with Crippen molar-refractivity contribution < 1.29 is 18.3 Å². The van der Waals surface area contributed by atoms with E-state index in [2.05, 4.69) is 0 Å². The summed E-state index contributed by atoms with van der Waals surface area (Å²) < 4.78 is 30.9. The van der Waals surface area contributed by atoms with Crippen LogP contribution in [0.4, 0.5) is 8.78 Å². The zero-order valence-corrected chi connectivity index (χ0v) is 9.47. The summed E-state index contributed by atoms with van der Waals surface area (Å²) in [6.45, 7) is -0.305. The van der Waals surface area contributed by atoms with Crippen molar-refractivity contribution >= 4 is 17.1 Å². The first-order chi connectivity index (χ1) is 8.16. The highest BCUT2D eigenvalue weighted by atomic mass is 32.1. The van der Waals surface area contributed by atoms with Gasteiger partial charge in [0.2, 0.25) is 5.78 Å². The van der Waals surface area contributed by atoms with E-state index in [0.29, 0.717) is 4.88 Å². The first kappa shape index (κ1) is 11.7. The molecule has 0 fully saturated rings. The third-order valence-electron chi connectivity index (χ3n) is 2.05. The number of hydrogen-bond donors (Lipinski definition) is 0. The van der Waals surface area contributed by atoms with Gasteiger partial charge in [0, 0.05) is 6.07 Å². The smallest absolute Gasteiger partial charge is 0.210 e. The number of benzene rings is 1. The summed E-state index contributed by atoms with van der Waals surface area (Å²) in [5, 5.41) is 1.76. The van der Waals surface area contributed by atoms with Crippen LogP contribution in [0.1, 0.15) is 9.67 Å². The molecule has 1 aromatic carbocycles. The SMILES string of the molecule is O=C(COc1cc(F)ccc1F)c1cccs1. The van der Waals surface area contributed by atoms with Crippen LogP contribution in [0.25, 0.3) is 0 Å².